The summed E-state index contributed by atoms with van der Waals surface area (Å²) in [7, 11) is 1.54. The molecule has 0 aliphatic carbocycles. The quantitative estimate of drug-likeness (QED) is 0.663. The van der Waals surface area contributed by atoms with Crippen molar-refractivity contribution in [2.75, 3.05) is 13.1 Å². The Kier molecular flexibility index (Phi) is 4.08. The van der Waals surface area contributed by atoms with Crippen molar-refractivity contribution >= 4 is 11.7 Å². The van der Waals surface area contributed by atoms with Crippen LogP contribution >= 0.6 is 0 Å². The van der Waals surface area contributed by atoms with Crippen LogP contribution in [-0.4, -0.2) is 39.4 Å². The van der Waals surface area contributed by atoms with Crippen LogP contribution in [0.15, 0.2) is 12.1 Å². The molecule has 1 amide bonds. The number of nitrogens with two attached hydrogens (primary N) is 1. The number of hydrogen-bond acceptors (Lipinski definition) is 4. The van der Waals surface area contributed by atoms with Gasteiger partial charge in [0.1, 0.15) is 0 Å². The summed E-state index contributed by atoms with van der Waals surface area (Å²) in [6.45, 7) is 3.18. The molecule has 1 aromatic rings. The monoisotopic (exact) mass is 280 g/mol. The number of aromatic nitrogens is 1. The second-order valence-corrected chi connectivity index (χ2v) is 5.38. The molecule has 7 nitrogen and oxygen atoms in total. The standard InChI is InChI=1S/C13H20N4O3/c1-9-3-4-10(7-14)8-16(9)13(18)11-5-6-12(15(11)2)17(19)20/h5-6,9-10H,3-4,7-8,14H2,1-2H3. The zero-order valence-electron chi connectivity index (χ0n) is 11.8. The second-order valence-electron chi connectivity index (χ2n) is 5.38. The zero-order valence-corrected chi connectivity index (χ0v) is 11.8. The van der Waals surface area contributed by atoms with Crippen molar-refractivity contribution in [3.8, 4) is 0 Å². The Hall–Kier alpha value is -1.89. The van der Waals surface area contributed by atoms with Gasteiger partial charge in [-0.25, -0.2) is 4.57 Å². The molecule has 110 valence electrons. The van der Waals surface area contributed by atoms with Gasteiger partial charge in [-0.2, -0.15) is 0 Å². The van der Waals surface area contributed by atoms with E-state index in [4.69, 9.17) is 5.73 Å². The molecule has 7 heteroatoms. The Bertz CT molecular complexity index is 526. The molecule has 1 aromatic heterocycles. The van der Waals surface area contributed by atoms with Gasteiger partial charge in [0.05, 0.1) is 7.05 Å². The SMILES string of the molecule is CC1CCC(CN)CN1C(=O)c1ccc([N+](=O)[O-])n1C. The molecule has 20 heavy (non-hydrogen) atoms. The van der Waals surface area contributed by atoms with E-state index in [1.807, 2.05) is 6.92 Å². The average Bonchev–Trinajstić information content (AvgIpc) is 2.80. The predicted octanol–water partition coefficient (Wildman–Crippen LogP) is 1.13. The van der Waals surface area contributed by atoms with Gasteiger partial charge in [0.2, 0.25) is 0 Å². The molecular weight excluding hydrogens is 260 g/mol. The lowest BCUT2D eigenvalue weighted by Gasteiger charge is -2.37. The van der Waals surface area contributed by atoms with Crippen LogP contribution in [0.4, 0.5) is 5.82 Å². The van der Waals surface area contributed by atoms with Crippen molar-refractivity contribution in [1.82, 2.24) is 9.47 Å². The van der Waals surface area contributed by atoms with Crippen LogP contribution in [0.25, 0.3) is 0 Å². The van der Waals surface area contributed by atoms with Crippen LogP contribution in [0.5, 0.6) is 0 Å². The molecule has 2 heterocycles. The van der Waals surface area contributed by atoms with Crippen LogP contribution in [0, 0.1) is 16.0 Å². The summed E-state index contributed by atoms with van der Waals surface area (Å²) >= 11 is 0. The van der Waals surface area contributed by atoms with Crippen molar-refractivity contribution in [1.29, 1.82) is 0 Å². The molecule has 1 aliphatic rings. The highest BCUT2D eigenvalue weighted by Crippen LogP contribution is 2.24. The van der Waals surface area contributed by atoms with Crippen LogP contribution in [0.1, 0.15) is 30.3 Å². The highest BCUT2D eigenvalue weighted by Gasteiger charge is 2.32. The van der Waals surface area contributed by atoms with Gasteiger partial charge < -0.3 is 20.7 Å². The van der Waals surface area contributed by atoms with Crippen molar-refractivity contribution in [2.24, 2.45) is 18.7 Å². The fourth-order valence-electron chi connectivity index (χ4n) is 2.70. The van der Waals surface area contributed by atoms with E-state index in [9.17, 15) is 14.9 Å². The molecule has 2 atom stereocenters. The average molecular weight is 280 g/mol. The number of piperidine rings is 1. The predicted molar refractivity (Wildman–Crippen MR) is 74.3 cm³/mol. The van der Waals surface area contributed by atoms with Gasteiger partial charge in [0.15, 0.2) is 5.69 Å². The Labute approximate surface area is 117 Å². The third kappa shape index (κ3) is 2.53. The smallest absolute Gasteiger partial charge is 0.323 e. The van der Waals surface area contributed by atoms with E-state index in [1.54, 1.807) is 11.9 Å². The normalized spacial score (nSPS) is 22.9. The first-order chi connectivity index (χ1) is 9.45. The molecule has 2 N–H and O–H groups in total. The Morgan fingerprint density at radius 3 is 2.75 bits per heavy atom. The number of rotatable bonds is 3. The number of amides is 1. The highest BCUT2D eigenvalue weighted by molar-refractivity contribution is 5.93. The first-order valence-corrected chi connectivity index (χ1v) is 6.76. The second kappa shape index (κ2) is 5.62. The highest BCUT2D eigenvalue weighted by atomic mass is 16.6. The molecule has 1 saturated heterocycles. The van der Waals surface area contributed by atoms with Gasteiger partial charge in [-0.1, -0.05) is 0 Å². The van der Waals surface area contributed by atoms with E-state index in [1.165, 1.54) is 16.7 Å². The van der Waals surface area contributed by atoms with E-state index in [-0.39, 0.29) is 17.8 Å². The van der Waals surface area contributed by atoms with Gasteiger partial charge in [-0.15, -0.1) is 0 Å². The van der Waals surface area contributed by atoms with E-state index >= 15 is 0 Å². The van der Waals surface area contributed by atoms with Crippen molar-refractivity contribution in [3.05, 3.63) is 27.9 Å². The molecule has 2 rings (SSSR count). The first kappa shape index (κ1) is 14.5. The summed E-state index contributed by atoms with van der Waals surface area (Å²) < 4.78 is 1.33. The Morgan fingerprint density at radius 2 is 2.20 bits per heavy atom. The number of likely N-dealkylation sites (tertiary alicyclic amines) is 1. The molecule has 2 unspecified atom stereocenters. The van der Waals surface area contributed by atoms with Crippen LogP contribution < -0.4 is 5.73 Å². The van der Waals surface area contributed by atoms with Gasteiger partial charge in [-0.05, 0) is 43.2 Å². The number of carbonyl (C=O) groups excluding carboxylic acids is 1. The maximum absolute atomic E-state index is 12.6. The fourth-order valence-corrected chi connectivity index (χ4v) is 2.70. The topological polar surface area (TPSA) is 94.4 Å². The third-order valence-corrected chi connectivity index (χ3v) is 4.08. The largest absolute Gasteiger partial charge is 0.358 e. The van der Waals surface area contributed by atoms with Crippen LogP contribution in [0.2, 0.25) is 0 Å². The molecule has 0 aromatic carbocycles. The van der Waals surface area contributed by atoms with Crippen molar-refractivity contribution in [2.45, 2.75) is 25.8 Å². The third-order valence-electron chi connectivity index (χ3n) is 4.08. The Morgan fingerprint density at radius 1 is 1.50 bits per heavy atom. The minimum Gasteiger partial charge on any atom is -0.358 e. The molecule has 0 bridgehead atoms. The summed E-state index contributed by atoms with van der Waals surface area (Å²) in [6, 6.07) is 3.01. The minimum atomic E-state index is -0.487. The lowest BCUT2D eigenvalue weighted by molar-refractivity contribution is -0.391. The van der Waals surface area contributed by atoms with Gasteiger partial charge in [0, 0.05) is 18.7 Å². The molecule has 0 spiro atoms. The Balaban J connectivity index is 2.24. The van der Waals surface area contributed by atoms with Crippen LogP contribution in [0.3, 0.4) is 0 Å². The summed E-state index contributed by atoms with van der Waals surface area (Å²) in [6.07, 6.45) is 1.94. The van der Waals surface area contributed by atoms with Gasteiger partial charge >= 0.3 is 5.82 Å². The molecule has 1 fully saturated rings. The van der Waals surface area contributed by atoms with E-state index in [2.05, 4.69) is 0 Å². The summed E-state index contributed by atoms with van der Waals surface area (Å²) in [4.78, 5) is 24.7. The number of carbonyl (C=O) groups is 1. The van der Waals surface area contributed by atoms with Gasteiger partial charge in [-0.3, -0.25) is 4.79 Å². The number of hydrogen-bond donors (Lipinski definition) is 1. The molecule has 1 aliphatic heterocycles. The van der Waals surface area contributed by atoms with E-state index in [0.29, 0.717) is 24.7 Å². The lowest BCUT2D eigenvalue weighted by atomic mass is 9.93. The fraction of sp³-hybridized carbons (Fsp3) is 0.615. The molecular formula is C13H20N4O3. The van der Waals surface area contributed by atoms with E-state index < -0.39 is 4.92 Å². The summed E-state index contributed by atoms with van der Waals surface area (Å²) in [5.74, 6) is 0.0741. The molecule has 0 saturated carbocycles. The lowest BCUT2D eigenvalue weighted by Crippen LogP contribution is -2.47. The minimum absolute atomic E-state index is 0.0756. The van der Waals surface area contributed by atoms with Crippen LogP contribution in [-0.2, 0) is 7.05 Å². The summed E-state index contributed by atoms with van der Waals surface area (Å²) in [5, 5.41) is 10.8. The first-order valence-electron chi connectivity index (χ1n) is 6.76. The molecule has 0 radical (unpaired) electrons. The number of nitrogens with zero attached hydrogens (tertiary/aromatic N) is 3. The van der Waals surface area contributed by atoms with E-state index in [0.717, 1.165) is 12.8 Å². The number of nitro groups is 1. The maximum Gasteiger partial charge on any atom is 0.323 e. The maximum atomic E-state index is 12.6. The van der Waals surface area contributed by atoms with Gasteiger partial charge in [0.25, 0.3) is 5.91 Å². The zero-order chi connectivity index (χ0) is 14.9. The van der Waals surface area contributed by atoms with Crippen molar-refractivity contribution in [3.63, 3.8) is 0 Å². The summed E-state index contributed by atoms with van der Waals surface area (Å²) in [5.41, 5.74) is 6.04. The van der Waals surface area contributed by atoms with Crippen molar-refractivity contribution < 1.29 is 9.72 Å².